The third kappa shape index (κ3) is 4.15. The van der Waals surface area contributed by atoms with Crippen molar-refractivity contribution < 1.29 is 4.79 Å². The van der Waals surface area contributed by atoms with Gasteiger partial charge in [-0.2, -0.15) is 0 Å². The van der Waals surface area contributed by atoms with E-state index in [1.54, 1.807) is 0 Å². The normalized spacial score (nSPS) is 15.1. The highest BCUT2D eigenvalue weighted by Crippen LogP contribution is 2.21. The summed E-state index contributed by atoms with van der Waals surface area (Å²) in [7, 11) is 0. The molecule has 2 aromatic heterocycles. The molecule has 0 bridgehead atoms. The van der Waals surface area contributed by atoms with Crippen molar-refractivity contribution in [1.82, 2.24) is 24.8 Å². The lowest BCUT2D eigenvalue weighted by atomic mass is 10.1. The van der Waals surface area contributed by atoms with Gasteiger partial charge in [0.2, 0.25) is 5.91 Å². The van der Waals surface area contributed by atoms with Gasteiger partial charge in [-0.1, -0.05) is 23.7 Å². The predicted octanol–water partition coefficient (Wildman–Crippen LogP) is 3.26. The zero-order valence-corrected chi connectivity index (χ0v) is 17.6. The molecular weight excluding hydrogens is 412 g/mol. The number of hydrogen-bond donors (Lipinski definition) is 1. The molecule has 0 spiro atoms. The van der Waals surface area contributed by atoms with Crippen molar-refractivity contribution in [1.29, 1.82) is 0 Å². The monoisotopic (exact) mass is 432 g/mol. The third-order valence-corrected chi connectivity index (χ3v) is 5.86. The lowest BCUT2D eigenvalue weighted by molar-refractivity contribution is -0.136. The molecule has 5 rings (SSSR count). The average molecular weight is 433 g/mol. The molecule has 2 aromatic carbocycles. The quantitative estimate of drug-likeness (QED) is 0.532. The van der Waals surface area contributed by atoms with E-state index in [4.69, 9.17) is 17.3 Å². The molecule has 1 amide bonds. The van der Waals surface area contributed by atoms with Crippen molar-refractivity contribution in [2.75, 3.05) is 25.4 Å². The van der Waals surface area contributed by atoms with Gasteiger partial charge in [0.1, 0.15) is 12.1 Å². The van der Waals surface area contributed by atoms with Gasteiger partial charge < -0.3 is 10.6 Å². The third-order valence-electron chi connectivity index (χ3n) is 5.63. The fourth-order valence-electron chi connectivity index (χ4n) is 3.98. The molecule has 1 fully saturated rings. The zero-order valence-electron chi connectivity index (χ0n) is 16.8. The van der Waals surface area contributed by atoms with Gasteiger partial charge in [0.25, 0.3) is 0 Å². The van der Waals surface area contributed by atoms with E-state index in [1.165, 1.54) is 6.33 Å². The van der Waals surface area contributed by atoms with Crippen molar-refractivity contribution >= 4 is 45.0 Å². The summed E-state index contributed by atoms with van der Waals surface area (Å²) in [6.45, 7) is 3.05. The number of carbonyl (C=O) groups is 1. The Bertz CT molecular complexity index is 1290. The first-order chi connectivity index (χ1) is 15.0. The number of nitrogens with zero attached hydrogens (tertiary/aromatic N) is 5. The highest BCUT2D eigenvalue weighted by Gasteiger charge is 2.24. The van der Waals surface area contributed by atoms with Crippen molar-refractivity contribution in [2.45, 2.75) is 13.1 Å². The van der Waals surface area contributed by atoms with Crippen LogP contribution < -0.4 is 5.73 Å². The van der Waals surface area contributed by atoms with E-state index in [1.807, 2.05) is 47.5 Å². The lowest BCUT2D eigenvalue weighted by Gasteiger charge is -2.34. The number of aromatic nitrogens is 3. The van der Waals surface area contributed by atoms with E-state index in [0.29, 0.717) is 37.0 Å². The second-order valence-electron chi connectivity index (χ2n) is 7.80. The minimum atomic E-state index is 0.112. The smallest absolute Gasteiger partial charge is 0.237 e. The summed E-state index contributed by atoms with van der Waals surface area (Å²) >= 11 is 6.05. The zero-order chi connectivity index (χ0) is 21.4. The number of hydrogen-bond acceptors (Lipinski definition) is 6. The Hall–Kier alpha value is -3.29. The van der Waals surface area contributed by atoms with Gasteiger partial charge in [0, 0.05) is 48.2 Å². The summed E-state index contributed by atoms with van der Waals surface area (Å²) in [4.78, 5) is 29.6. The first-order valence-electron chi connectivity index (χ1n) is 10.1. The van der Waals surface area contributed by atoms with Crippen LogP contribution in [0.5, 0.6) is 0 Å². The summed E-state index contributed by atoms with van der Waals surface area (Å²) in [6, 6.07) is 13.7. The molecule has 0 aliphatic carbocycles. The van der Waals surface area contributed by atoms with Crippen molar-refractivity contribution in [3.63, 3.8) is 0 Å². The van der Waals surface area contributed by atoms with E-state index in [-0.39, 0.29) is 5.91 Å². The number of piperazine rings is 1. The number of pyridine rings is 1. The fourth-order valence-corrected chi connectivity index (χ4v) is 4.16. The molecule has 1 aliphatic heterocycles. The fraction of sp³-hybridized carbons (Fsp3) is 0.217. The maximum atomic E-state index is 12.8. The molecule has 1 aliphatic rings. The van der Waals surface area contributed by atoms with E-state index in [2.05, 4.69) is 25.9 Å². The molecule has 8 heteroatoms. The number of amides is 1. The molecule has 7 nitrogen and oxygen atoms in total. The maximum absolute atomic E-state index is 12.8. The van der Waals surface area contributed by atoms with Crippen molar-refractivity contribution in [3.05, 3.63) is 71.3 Å². The van der Waals surface area contributed by atoms with Crippen LogP contribution >= 0.6 is 11.6 Å². The number of nitrogens with two attached hydrogens (primary N) is 1. The minimum absolute atomic E-state index is 0.112. The number of rotatable bonds is 4. The summed E-state index contributed by atoms with van der Waals surface area (Å²) in [5.41, 5.74) is 8.66. The molecule has 3 heterocycles. The molecule has 0 unspecified atom stereocenters. The number of nitrogen functional groups attached to an aromatic ring is 1. The average Bonchev–Trinajstić information content (AvgIpc) is 2.76. The molecule has 0 saturated carbocycles. The van der Waals surface area contributed by atoms with Gasteiger partial charge in [-0.15, -0.1) is 0 Å². The van der Waals surface area contributed by atoms with Gasteiger partial charge in [0.05, 0.1) is 17.8 Å². The first kappa shape index (κ1) is 19.7. The summed E-state index contributed by atoms with van der Waals surface area (Å²) in [6.07, 6.45) is 3.30. The maximum Gasteiger partial charge on any atom is 0.237 e. The molecule has 0 atom stereocenters. The minimum Gasteiger partial charge on any atom is -0.383 e. The summed E-state index contributed by atoms with van der Waals surface area (Å²) in [5, 5.41) is 3.64. The van der Waals surface area contributed by atoms with E-state index in [0.717, 1.165) is 39.5 Å². The standard InChI is InChI=1S/C23H21ClN6O/c24-18-3-2-16-9-19(26-10-17(16)8-18)12-29-5-6-30(22(31)13-29)11-15-1-4-20-21(7-15)27-14-28-23(20)25/h1-4,7-10,14H,5-6,11-13H2,(H2,25,27,28). The van der Waals surface area contributed by atoms with Gasteiger partial charge in [-0.05, 0) is 41.3 Å². The molecule has 1 saturated heterocycles. The molecule has 31 heavy (non-hydrogen) atoms. The number of halogens is 1. The Labute approximate surface area is 184 Å². The van der Waals surface area contributed by atoms with E-state index < -0.39 is 0 Å². The highest BCUT2D eigenvalue weighted by atomic mass is 35.5. The van der Waals surface area contributed by atoms with E-state index in [9.17, 15) is 4.79 Å². The largest absolute Gasteiger partial charge is 0.383 e. The lowest BCUT2D eigenvalue weighted by Crippen LogP contribution is -2.49. The van der Waals surface area contributed by atoms with Gasteiger partial charge >= 0.3 is 0 Å². The summed E-state index contributed by atoms with van der Waals surface area (Å²) in [5.74, 6) is 0.577. The second-order valence-corrected chi connectivity index (χ2v) is 8.24. The Morgan fingerprint density at radius 2 is 1.87 bits per heavy atom. The predicted molar refractivity (Wildman–Crippen MR) is 121 cm³/mol. The van der Waals surface area contributed by atoms with Crippen LogP contribution in [0.1, 0.15) is 11.3 Å². The number of benzene rings is 2. The van der Waals surface area contributed by atoms with Crippen molar-refractivity contribution in [3.8, 4) is 0 Å². The molecule has 2 N–H and O–H groups in total. The Kier molecular flexibility index (Phi) is 5.13. The Morgan fingerprint density at radius 1 is 0.968 bits per heavy atom. The van der Waals surface area contributed by atoms with Crippen LogP contribution in [-0.4, -0.2) is 50.3 Å². The molecule has 4 aromatic rings. The highest BCUT2D eigenvalue weighted by molar-refractivity contribution is 6.31. The number of fused-ring (bicyclic) bond motifs is 2. The van der Waals surface area contributed by atoms with Crippen LogP contribution in [0.15, 0.2) is 55.0 Å². The van der Waals surface area contributed by atoms with Crippen LogP contribution in [0.25, 0.3) is 21.7 Å². The van der Waals surface area contributed by atoms with Crippen LogP contribution in [0.2, 0.25) is 5.02 Å². The van der Waals surface area contributed by atoms with Gasteiger partial charge in [-0.3, -0.25) is 14.7 Å². The SMILES string of the molecule is Nc1ncnc2cc(CN3CCN(Cc4cc5ccc(Cl)cc5cn4)CC3=O)ccc12. The molecule has 156 valence electrons. The second kappa shape index (κ2) is 8.09. The van der Waals surface area contributed by atoms with Gasteiger partial charge in [0.15, 0.2) is 0 Å². The van der Waals surface area contributed by atoms with Crippen LogP contribution in [0.4, 0.5) is 5.82 Å². The van der Waals surface area contributed by atoms with Crippen LogP contribution in [-0.2, 0) is 17.9 Å². The van der Waals surface area contributed by atoms with Crippen LogP contribution in [0, 0.1) is 0 Å². The molecular formula is C23H21ClN6O. The number of anilines is 1. The van der Waals surface area contributed by atoms with E-state index >= 15 is 0 Å². The Morgan fingerprint density at radius 3 is 2.74 bits per heavy atom. The number of carbonyl (C=O) groups excluding carboxylic acids is 1. The first-order valence-corrected chi connectivity index (χ1v) is 10.5. The van der Waals surface area contributed by atoms with Crippen LogP contribution in [0.3, 0.4) is 0 Å². The molecule has 0 radical (unpaired) electrons. The van der Waals surface area contributed by atoms with Gasteiger partial charge in [-0.25, -0.2) is 9.97 Å². The van der Waals surface area contributed by atoms with Crippen molar-refractivity contribution in [2.24, 2.45) is 0 Å². The topological polar surface area (TPSA) is 88.2 Å². The Balaban J connectivity index is 1.24. The summed E-state index contributed by atoms with van der Waals surface area (Å²) < 4.78 is 0.